The van der Waals surface area contributed by atoms with Crippen molar-refractivity contribution < 1.29 is 23.9 Å². The van der Waals surface area contributed by atoms with Gasteiger partial charge in [0.2, 0.25) is 5.91 Å². The first-order valence-electron chi connectivity index (χ1n) is 11.6. The standard InChI is InChI=1S/C25H38N2O5/c1-6-19(23(29)31-16-18-12-8-7-9-13-18)20-14-10-11-15-21(20)27-22(28)17(2)26-24(30)32-25(3,4)5/h7-9,12-13,17,19-21H,6,10-11,14-16H2,1-5H3,(H,26,30)(H,27,28)/t17-,19-,20-,21-/m1/s1. The van der Waals surface area contributed by atoms with Crippen LogP contribution in [-0.4, -0.2) is 35.7 Å². The number of rotatable bonds is 8. The minimum absolute atomic E-state index is 0.00898. The molecule has 1 aliphatic rings. The molecule has 1 aliphatic carbocycles. The molecule has 4 atom stereocenters. The molecule has 0 unspecified atom stereocenters. The molecule has 2 rings (SSSR count). The zero-order valence-corrected chi connectivity index (χ0v) is 20.0. The van der Waals surface area contributed by atoms with Crippen LogP contribution in [0.25, 0.3) is 0 Å². The number of amides is 2. The third kappa shape index (κ3) is 8.17. The van der Waals surface area contributed by atoms with Crippen LogP contribution in [0.2, 0.25) is 0 Å². The summed E-state index contributed by atoms with van der Waals surface area (Å²) in [7, 11) is 0. The quantitative estimate of drug-likeness (QED) is 0.579. The van der Waals surface area contributed by atoms with Gasteiger partial charge in [0.25, 0.3) is 0 Å². The van der Waals surface area contributed by atoms with E-state index in [-0.39, 0.29) is 36.4 Å². The zero-order chi connectivity index (χ0) is 23.7. The summed E-state index contributed by atoms with van der Waals surface area (Å²) in [4.78, 5) is 37.6. The summed E-state index contributed by atoms with van der Waals surface area (Å²) in [5.41, 5.74) is 0.315. The summed E-state index contributed by atoms with van der Waals surface area (Å²) in [6, 6.07) is 8.74. The Balaban J connectivity index is 1.96. The van der Waals surface area contributed by atoms with E-state index < -0.39 is 17.7 Å². The molecule has 2 amide bonds. The Morgan fingerprint density at radius 1 is 1.09 bits per heavy atom. The van der Waals surface area contributed by atoms with Crippen molar-refractivity contribution in [3.05, 3.63) is 35.9 Å². The number of carbonyl (C=O) groups excluding carboxylic acids is 3. The maximum absolute atomic E-state index is 12.9. The fourth-order valence-corrected chi connectivity index (χ4v) is 4.16. The molecule has 0 spiro atoms. The maximum Gasteiger partial charge on any atom is 0.408 e. The van der Waals surface area contributed by atoms with Crippen LogP contribution in [0.1, 0.15) is 72.3 Å². The number of hydrogen-bond acceptors (Lipinski definition) is 5. The smallest absolute Gasteiger partial charge is 0.408 e. The first-order chi connectivity index (χ1) is 15.1. The van der Waals surface area contributed by atoms with E-state index in [0.29, 0.717) is 6.42 Å². The summed E-state index contributed by atoms with van der Waals surface area (Å²) in [5, 5.41) is 5.64. The van der Waals surface area contributed by atoms with E-state index >= 15 is 0 Å². The van der Waals surface area contributed by atoms with Crippen LogP contribution in [0.15, 0.2) is 30.3 Å². The molecular formula is C25H38N2O5. The Morgan fingerprint density at radius 3 is 2.38 bits per heavy atom. The van der Waals surface area contributed by atoms with Crippen LogP contribution in [-0.2, 0) is 25.7 Å². The molecule has 0 aliphatic heterocycles. The molecular weight excluding hydrogens is 408 g/mol. The molecule has 1 aromatic rings. The van der Waals surface area contributed by atoms with Crippen LogP contribution in [0, 0.1) is 11.8 Å². The summed E-state index contributed by atoms with van der Waals surface area (Å²) >= 11 is 0. The summed E-state index contributed by atoms with van der Waals surface area (Å²) in [6.07, 6.45) is 3.69. The number of ether oxygens (including phenoxy) is 2. The van der Waals surface area contributed by atoms with Crippen molar-refractivity contribution in [2.45, 2.75) is 91.0 Å². The van der Waals surface area contributed by atoms with Crippen LogP contribution in [0.3, 0.4) is 0 Å². The molecule has 7 nitrogen and oxygen atoms in total. The number of carbonyl (C=O) groups is 3. The van der Waals surface area contributed by atoms with Crippen molar-refractivity contribution in [2.75, 3.05) is 0 Å². The Hall–Kier alpha value is -2.57. The molecule has 0 heterocycles. The van der Waals surface area contributed by atoms with Crippen molar-refractivity contribution >= 4 is 18.0 Å². The lowest BCUT2D eigenvalue weighted by Crippen LogP contribution is -2.53. The topological polar surface area (TPSA) is 93.7 Å². The monoisotopic (exact) mass is 446 g/mol. The highest BCUT2D eigenvalue weighted by Crippen LogP contribution is 2.33. The van der Waals surface area contributed by atoms with Crippen molar-refractivity contribution in [1.29, 1.82) is 0 Å². The molecule has 0 radical (unpaired) electrons. The van der Waals surface area contributed by atoms with Gasteiger partial charge in [0.1, 0.15) is 18.2 Å². The van der Waals surface area contributed by atoms with Gasteiger partial charge in [-0.1, -0.05) is 50.1 Å². The number of hydrogen-bond donors (Lipinski definition) is 2. The molecule has 0 aromatic heterocycles. The van der Waals surface area contributed by atoms with Gasteiger partial charge in [0.15, 0.2) is 0 Å². The van der Waals surface area contributed by atoms with E-state index in [1.807, 2.05) is 37.3 Å². The predicted molar refractivity (Wildman–Crippen MR) is 123 cm³/mol. The van der Waals surface area contributed by atoms with Crippen LogP contribution in [0.5, 0.6) is 0 Å². The normalized spacial score (nSPS) is 20.5. The third-order valence-electron chi connectivity index (χ3n) is 5.76. The van der Waals surface area contributed by atoms with Crippen molar-refractivity contribution in [2.24, 2.45) is 11.8 Å². The van der Waals surface area contributed by atoms with Crippen molar-refractivity contribution in [3.63, 3.8) is 0 Å². The minimum atomic E-state index is -0.738. The number of nitrogens with one attached hydrogen (secondary N) is 2. The Kier molecular flexibility index (Phi) is 9.54. The van der Waals surface area contributed by atoms with E-state index in [1.54, 1.807) is 27.7 Å². The number of alkyl carbamates (subject to hydrolysis) is 1. The van der Waals surface area contributed by atoms with Crippen molar-refractivity contribution in [3.8, 4) is 0 Å². The van der Waals surface area contributed by atoms with Gasteiger partial charge >= 0.3 is 12.1 Å². The molecule has 2 N–H and O–H groups in total. The lowest BCUT2D eigenvalue weighted by atomic mass is 9.75. The van der Waals surface area contributed by atoms with Gasteiger partial charge in [-0.2, -0.15) is 0 Å². The van der Waals surface area contributed by atoms with E-state index in [0.717, 1.165) is 31.2 Å². The molecule has 0 saturated heterocycles. The van der Waals surface area contributed by atoms with Gasteiger partial charge in [-0.3, -0.25) is 9.59 Å². The SMILES string of the molecule is CC[C@@H](C(=O)OCc1ccccc1)[C@H]1CCCC[C@H]1NC(=O)[C@@H](C)NC(=O)OC(C)(C)C. The van der Waals surface area contributed by atoms with Crippen LogP contribution >= 0.6 is 0 Å². The molecule has 1 aromatic carbocycles. The van der Waals surface area contributed by atoms with Gasteiger partial charge in [-0.25, -0.2) is 4.79 Å². The number of benzene rings is 1. The Labute approximate surface area is 191 Å². The Morgan fingerprint density at radius 2 is 1.75 bits per heavy atom. The lowest BCUT2D eigenvalue weighted by molar-refractivity contribution is -0.153. The molecule has 178 valence electrons. The number of esters is 1. The largest absolute Gasteiger partial charge is 0.461 e. The highest BCUT2D eigenvalue weighted by molar-refractivity contribution is 5.85. The zero-order valence-electron chi connectivity index (χ0n) is 20.0. The predicted octanol–water partition coefficient (Wildman–Crippen LogP) is 4.34. The Bertz CT molecular complexity index is 759. The van der Waals surface area contributed by atoms with E-state index in [2.05, 4.69) is 10.6 Å². The van der Waals surface area contributed by atoms with Gasteiger partial charge in [-0.15, -0.1) is 0 Å². The lowest BCUT2D eigenvalue weighted by Gasteiger charge is -2.36. The van der Waals surface area contributed by atoms with Gasteiger partial charge < -0.3 is 20.1 Å². The molecule has 32 heavy (non-hydrogen) atoms. The first kappa shape index (κ1) is 25.7. The highest BCUT2D eigenvalue weighted by atomic mass is 16.6. The van der Waals surface area contributed by atoms with Crippen molar-refractivity contribution in [1.82, 2.24) is 10.6 Å². The van der Waals surface area contributed by atoms with Gasteiger partial charge in [-0.05, 0) is 58.4 Å². The summed E-state index contributed by atoms with van der Waals surface area (Å²) in [5.74, 6) is -0.768. The fraction of sp³-hybridized carbons (Fsp3) is 0.640. The van der Waals surface area contributed by atoms with E-state index in [4.69, 9.17) is 9.47 Å². The first-order valence-corrected chi connectivity index (χ1v) is 11.6. The summed E-state index contributed by atoms with van der Waals surface area (Å²) < 4.78 is 10.8. The second kappa shape index (κ2) is 11.9. The molecule has 7 heteroatoms. The van der Waals surface area contributed by atoms with Gasteiger partial charge in [0, 0.05) is 6.04 Å². The maximum atomic E-state index is 12.9. The van der Waals surface area contributed by atoms with Crippen LogP contribution in [0.4, 0.5) is 4.79 Å². The van der Waals surface area contributed by atoms with E-state index in [1.165, 1.54) is 0 Å². The van der Waals surface area contributed by atoms with Gasteiger partial charge in [0.05, 0.1) is 5.92 Å². The fourth-order valence-electron chi connectivity index (χ4n) is 4.16. The average Bonchev–Trinajstić information content (AvgIpc) is 2.73. The highest BCUT2D eigenvalue weighted by Gasteiger charge is 2.37. The van der Waals surface area contributed by atoms with E-state index in [9.17, 15) is 14.4 Å². The average molecular weight is 447 g/mol. The second-order valence-electron chi connectivity index (χ2n) is 9.54. The molecule has 1 fully saturated rings. The third-order valence-corrected chi connectivity index (χ3v) is 5.76. The molecule has 0 bridgehead atoms. The second-order valence-corrected chi connectivity index (χ2v) is 9.54. The molecule has 1 saturated carbocycles. The summed E-state index contributed by atoms with van der Waals surface area (Å²) in [6.45, 7) is 9.16. The van der Waals surface area contributed by atoms with Crippen LogP contribution < -0.4 is 10.6 Å². The minimum Gasteiger partial charge on any atom is -0.461 e.